The minimum atomic E-state index is -1.000. The van der Waals surface area contributed by atoms with E-state index in [2.05, 4.69) is 14.8 Å². The van der Waals surface area contributed by atoms with Crippen molar-refractivity contribution < 1.29 is 13.5 Å². The molecule has 0 bridgehead atoms. The van der Waals surface area contributed by atoms with E-state index in [0.29, 0.717) is 0 Å². The number of azide groups is 1. The molecular weight excluding hydrogens is 180 g/mol. The first kappa shape index (κ1) is 9.28. The number of hydrogen-bond donors (Lipinski definition) is 0. The van der Waals surface area contributed by atoms with Gasteiger partial charge >= 0.3 is 0 Å². The number of rotatable bonds is 2. The molecule has 0 radical (unpaired) electrons. The van der Waals surface area contributed by atoms with Crippen molar-refractivity contribution in [2.75, 3.05) is 7.11 Å². The molecule has 0 amide bonds. The molecule has 0 saturated heterocycles. The van der Waals surface area contributed by atoms with Crippen LogP contribution in [0.4, 0.5) is 14.5 Å². The van der Waals surface area contributed by atoms with Crippen molar-refractivity contribution in [2.24, 2.45) is 5.11 Å². The lowest BCUT2D eigenvalue weighted by Gasteiger charge is -2.03. The number of halogens is 2. The van der Waals surface area contributed by atoms with Crippen molar-refractivity contribution in [2.45, 2.75) is 0 Å². The molecule has 0 spiro atoms. The van der Waals surface area contributed by atoms with Gasteiger partial charge in [0.2, 0.25) is 0 Å². The van der Waals surface area contributed by atoms with Gasteiger partial charge < -0.3 is 4.74 Å². The summed E-state index contributed by atoms with van der Waals surface area (Å²) in [6, 6.07) is 2.08. The summed E-state index contributed by atoms with van der Waals surface area (Å²) in [4.78, 5) is 2.29. The Morgan fingerprint density at radius 3 is 2.69 bits per heavy atom. The molecule has 0 aliphatic carbocycles. The van der Waals surface area contributed by atoms with Crippen LogP contribution in [0.2, 0.25) is 0 Å². The molecule has 0 aromatic heterocycles. The summed E-state index contributed by atoms with van der Waals surface area (Å²) in [6.07, 6.45) is 0. The molecule has 0 atom stereocenters. The van der Waals surface area contributed by atoms with Crippen molar-refractivity contribution in [3.8, 4) is 5.75 Å². The van der Waals surface area contributed by atoms with E-state index in [1.54, 1.807) is 0 Å². The summed E-state index contributed by atoms with van der Waals surface area (Å²) < 4.78 is 30.4. The van der Waals surface area contributed by atoms with Crippen molar-refractivity contribution in [3.05, 3.63) is 34.2 Å². The number of hydrogen-bond acceptors (Lipinski definition) is 2. The van der Waals surface area contributed by atoms with E-state index >= 15 is 0 Å². The van der Waals surface area contributed by atoms with Gasteiger partial charge in [0, 0.05) is 4.91 Å². The lowest BCUT2D eigenvalue weighted by Crippen LogP contribution is -1.89. The van der Waals surface area contributed by atoms with E-state index in [0.717, 1.165) is 12.1 Å². The Morgan fingerprint density at radius 2 is 2.15 bits per heavy atom. The third-order valence-electron chi connectivity index (χ3n) is 1.40. The molecule has 0 aliphatic heterocycles. The van der Waals surface area contributed by atoms with Crippen LogP contribution in [0.3, 0.4) is 0 Å². The highest BCUT2D eigenvalue weighted by Crippen LogP contribution is 2.29. The monoisotopic (exact) mass is 185 g/mol. The predicted octanol–water partition coefficient (Wildman–Crippen LogP) is 2.92. The molecule has 0 fully saturated rings. The number of ether oxygens (including phenoxy) is 1. The van der Waals surface area contributed by atoms with Crippen molar-refractivity contribution in [1.82, 2.24) is 0 Å². The summed E-state index contributed by atoms with van der Waals surface area (Å²) in [7, 11) is 1.23. The van der Waals surface area contributed by atoms with Crippen LogP contribution in [0.25, 0.3) is 10.4 Å². The fraction of sp³-hybridized carbons (Fsp3) is 0.143. The van der Waals surface area contributed by atoms with Gasteiger partial charge in [-0.2, -0.15) is 0 Å². The standard InChI is InChI=1S/C7H5F2N3O/c1-13-5-3-2-4(8)7(6(5)9)11-12-10/h2-3H,1H3. The van der Waals surface area contributed by atoms with Gasteiger partial charge in [0.05, 0.1) is 7.11 Å². The normalized spacial score (nSPS) is 9.15. The Bertz CT molecular complexity index is 374. The highest BCUT2D eigenvalue weighted by molar-refractivity contribution is 5.46. The number of benzene rings is 1. The van der Waals surface area contributed by atoms with Crippen LogP contribution in [-0.4, -0.2) is 7.11 Å². The van der Waals surface area contributed by atoms with Gasteiger partial charge in [0.15, 0.2) is 11.6 Å². The third-order valence-corrected chi connectivity index (χ3v) is 1.40. The lowest BCUT2D eigenvalue weighted by atomic mass is 10.3. The molecular formula is C7H5F2N3O. The van der Waals surface area contributed by atoms with Crippen molar-refractivity contribution >= 4 is 5.69 Å². The predicted molar refractivity (Wildman–Crippen MR) is 41.7 cm³/mol. The summed E-state index contributed by atoms with van der Waals surface area (Å²) in [5.74, 6) is -2.08. The van der Waals surface area contributed by atoms with Gasteiger partial charge in [0.1, 0.15) is 11.5 Å². The zero-order valence-corrected chi connectivity index (χ0v) is 6.66. The van der Waals surface area contributed by atoms with Crippen LogP contribution in [-0.2, 0) is 0 Å². The molecule has 0 aliphatic rings. The lowest BCUT2D eigenvalue weighted by molar-refractivity contribution is 0.385. The first-order valence-corrected chi connectivity index (χ1v) is 3.27. The van der Waals surface area contributed by atoms with E-state index in [4.69, 9.17) is 5.53 Å². The molecule has 0 saturated carbocycles. The van der Waals surface area contributed by atoms with Crippen LogP contribution in [0.1, 0.15) is 0 Å². The highest BCUT2D eigenvalue weighted by atomic mass is 19.1. The largest absolute Gasteiger partial charge is 0.494 e. The molecule has 68 valence electrons. The first-order chi connectivity index (χ1) is 6.20. The zero-order valence-electron chi connectivity index (χ0n) is 6.66. The van der Waals surface area contributed by atoms with Gasteiger partial charge in [-0.15, -0.1) is 0 Å². The second kappa shape index (κ2) is 3.73. The first-order valence-electron chi connectivity index (χ1n) is 3.27. The summed E-state index contributed by atoms with van der Waals surface area (Å²) in [5, 5.41) is 2.86. The highest BCUT2D eigenvalue weighted by Gasteiger charge is 2.11. The van der Waals surface area contributed by atoms with Crippen molar-refractivity contribution in [1.29, 1.82) is 0 Å². The summed E-state index contributed by atoms with van der Waals surface area (Å²) in [5.41, 5.74) is 7.34. The smallest absolute Gasteiger partial charge is 0.177 e. The van der Waals surface area contributed by atoms with Crippen LogP contribution < -0.4 is 4.74 Å². The number of methoxy groups -OCH3 is 1. The third kappa shape index (κ3) is 1.68. The van der Waals surface area contributed by atoms with Crippen LogP contribution in [0.5, 0.6) is 5.75 Å². The average Bonchev–Trinajstić information content (AvgIpc) is 2.12. The summed E-state index contributed by atoms with van der Waals surface area (Å²) in [6.45, 7) is 0. The minimum Gasteiger partial charge on any atom is -0.494 e. The van der Waals surface area contributed by atoms with Gasteiger partial charge in [-0.3, -0.25) is 0 Å². The van der Waals surface area contributed by atoms with Gasteiger partial charge in [0.25, 0.3) is 0 Å². The second-order valence-electron chi connectivity index (χ2n) is 2.10. The molecule has 0 heterocycles. The van der Waals surface area contributed by atoms with E-state index in [9.17, 15) is 8.78 Å². The minimum absolute atomic E-state index is 0.163. The van der Waals surface area contributed by atoms with E-state index < -0.39 is 17.3 Å². The van der Waals surface area contributed by atoms with Crippen LogP contribution in [0.15, 0.2) is 17.2 Å². The molecule has 1 rings (SSSR count). The molecule has 1 aromatic rings. The molecule has 1 aromatic carbocycles. The fourth-order valence-corrected chi connectivity index (χ4v) is 0.817. The molecule has 0 unspecified atom stereocenters. The average molecular weight is 185 g/mol. The van der Waals surface area contributed by atoms with Gasteiger partial charge in [-0.05, 0) is 17.7 Å². The molecule has 6 heteroatoms. The Labute approximate surface area is 72.4 Å². The molecule has 13 heavy (non-hydrogen) atoms. The topological polar surface area (TPSA) is 58.0 Å². The maximum absolute atomic E-state index is 13.1. The van der Waals surface area contributed by atoms with E-state index in [1.165, 1.54) is 7.11 Å². The Hall–Kier alpha value is -1.81. The Kier molecular flexibility index (Phi) is 2.66. The van der Waals surface area contributed by atoms with E-state index in [-0.39, 0.29) is 5.75 Å². The van der Waals surface area contributed by atoms with Gasteiger partial charge in [-0.1, -0.05) is 5.11 Å². The maximum Gasteiger partial charge on any atom is 0.177 e. The fourth-order valence-electron chi connectivity index (χ4n) is 0.817. The van der Waals surface area contributed by atoms with Crippen LogP contribution >= 0.6 is 0 Å². The zero-order chi connectivity index (χ0) is 9.84. The number of nitrogens with zero attached hydrogens (tertiary/aromatic N) is 3. The van der Waals surface area contributed by atoms with Crippen LogP contribution in [0, 0.1) is 11.6 Å². The Morgan fingerprint density at radius 1 is 1.46 bits per heavy atom. The van der Waals surface area contributed by atoms with Gasteiger partial charge in [-0.25, -0.2) is 8.78 Å². The SMILES string of the molecule is COc1ccc(F)c(N=[N+]=[N-])c1F. The van der Waals surface area contributed by atoms with Crippen molar-refractivity contribution in [3.63, 3.8) is 0 Å². The maximum atomic E-state index is 13.1. The Balaban J connectivity index is 3.37. The second-order valence-corrected chi connectivity index (χ2v) is 2.10. The summed E-state index contributed by atoms with van der Waals surface area (Å²) >= 11 is 0. The quantitative estimate of drug-likeness (QED) is 0.397. The molecule has 0 N–H and O–H groups in total. The van der Waals surface area contributed by atoms with E-state index in [1.807, 2.05) is 0 Å². The molecule has 4 nitrogen and oxygen atoms in total.